The Morgan fingerprint density at radius 2 is 2.25 bits per heavy atom. The molecule has 1 aliphatic rings. The fourth-order valence-corrected chi connectivity index (χ4v) is 1.02. The zero-order valence-corrected chi connectivity index (χ0v) is 8.08. The SMILES string of the molecule is CCCOB1OC[C@@H](C)[C@@H](C)O1. The second-order valence-electron chi connectivity index (χ2n) is 3.31. The lowest BCUT2D eigenvalue weighted by atomic mass is 10.0. The van der Waals surface area contributed by atoms with Gasteiger partial charge in [-0.2, -0.15) is 0 Å². The molecule has 0 aromatic rings. The minimum atomic E-state index is -0.434. The molecular weight excluding hydrogens is 155 g/mol. The Labute approximate surface area is 74.6 Å². The molecule has 0 bridgehead atoms. The maximum absolute atomic E-state index is 5.46. The molecule has 12 heavy (non-hydrogen) atoms. The second-order valence-corrected chi connectivity index (χ2v) is 3.31. The van der Waals surface area contributed by atoms with Crippen LogP contribution in [0.2, 0.25) is 0 Å². The summed E-state index contributed by atoms with van der Waals surface area (Å²) < 4.78 is 16.1. The molecule has 1 fully saturated rings. The van der Waals surface area contributed by atoms with Gasteiger partial charge in [-0.25, -0.2) is 0 Å². The summed E-state index contributed by atoms with van der Waals surface area (Å²) in [5, 5.41) is 0. The van der Waals surface area contributed by atoms with Crippen molar-refractivity contribution in [1.29, 1.82) is 0 Å². The van der Waals surface area contributed by atoms with Gasteiger partial charge in [0.1, 0.15) is 0 Å². The van der Waals surface area contributed by atoms with Crippen molar-refractivity contribution in [2.75, 3.05) is 13.2 Å². The number of hydrogen-bond acceptors (Lipinski definition) is 3. The van der Waals surface area contributed by atoms with Crippen molar-refractivity contribution in [3.8, 4) is 0 Å². The van der Waals surface area contributed by atoms with Gasteiger partial charge >= 0.3 is 7.32 Å². The highest BCUT2D eigenvalue weighted by molar-refractivity contribution is 6.36. The van der Waals surface area contributed by atoms with Crippen LogP contribution in [-0.2, 0) is 14.0 Å². The van der Waals surface area contributed by atoms with E-state index in [0.29, 0.717) is 12.5 Å². The molecule has 4 heteroatoms. The zero-order valence-electron chi connectivity index (χ0n) is 8.08. The minimum Gasteiger partial charge on any atom is -0.386 e. The lowest BCUT2D eigenvalue weighted by molar-refractivity contribution is -0.0191. The van der Waals surface area contributed by atoms with Gasteiger partial charge in [-0.05, 0) is 13.3 Å². The highest BCUT2D eigenvalue weighted by Gasteiger charge is 2.32. The lowest BCUT2D eigenvalue weighted by Gasteiger charge is -2.29. The van der Waals surface area contributed by atoms with Crippen molar-refractivity contribution >= 4 is 7.32 Å². The van der Waals surface area contributed by atoms with Gasteiger partial charge in [-0.3, -0.25) is 0 Å². The van der Waals surface area contributed by atoms with Crippen LogP contribution in [0.1, 0.15) is 27.2 Å². The third kappa shape index (κ3) is 2.77. The summed E-state index contributed by atoms with van der Waals surface area (Å²) in [7, 11) is -0.434. The van der Waals surface area contributed by atoms with E-state index in [2.05, 4.69) is 20.8 Å². The Morgan fingerprint density at radius 3 is 2.83 bits per heavy atom. The van der Waals surface area contributed by atoms with E-state index in [1.807, 2.05) is 0 Å². The lowest BCUT2D eigenvalue weighted by Crippen LogP contribution is -2.42. The summed E-state index contributed by atoms with van der Waals surface area (Å²) in [6.07, 6.45) is 1.23. The Balaban J connectivity index is 2.21. The molecule has 0 amide bonds. The van der Waals surface area contributed by atoms with Gasteiger partial charge < -0.3 is 14.0 Å². The van der Waals surface area contributed by atoms with Gasteiger partial charge in [0, 0.05) is 25.2 Å². The average molecular weight is 172 g/mol. The maximum Gasteiger partial charge on any atom is 0.639 e. The van der Waals surface area contributed by atoms with Crippen LogP contribution in [-0.4, -0.2) is 26.6 Å². The second kappa shape index (κ2) is 4.85. The van der Waals surface area contributed by atoms with E-state index in [4.69, 9.17) is 14.0 Å². The fraction of sp³-hybridized carbons (Fsp3) is 1.00. The van der Waals surface area contributed by atoms with E-state index in [1.54, 1.807) is 0 Å². The van der Waals surface area contributed by atoms with Crippen LogP contribution >= 0.6 is 0 Å². The number of rotatable bonds is 3. The van der Waals surface area contributed by atoms with Crippen molar-refractivity contribution in [3.05, 3.63) is 0 Å². The molecule has 0 radical (unpaired) electrons. The normalized spacial score (nSPS) is 30.8. The van der Waals surface area contributed by atoms with Crippen LogP contribution in [0.15, 0.2) is 0 Å². The summed E-state index contributed by atoms with van der Waals surface area (Å²) >= 11 is 0. The minimum absolute atomic E-state index is 0.237. The van der Waals surface area contributed by atoms with E-state index >= 15 is 0 Å². The van der Waals surface area contributed by atoms with Crippen LogP contribution in [0.5, 0.6) is 0 Å². The summed E-state index contributed by atoms with van der Waals surface area (Å²) in [4.78, 5) is 0. The van der Waals surface area contributed by atoms with Crippen molar-refractivity contribution in [2.45, 2.75) is 33.3 Å². The predicted molar refractivity (Wildman–Crippen MR) is 47.7 cm³/mol. The topological polar surface area (TPSA) is 27.7 Å². The van der Waals surface area contributed by atoms with Crippen molar-refractivity contribution in [3.63, 3.8) is 0 Å². The monoisotopic (exact) mass is 172 g/mol. The molecule has 0 aromatic carbocycles. The molecule has 3 nitrogen and oxygen atoms in total. The molecule has 2 atom stereocenters. The Hall–Kier alpha value is -0.0551. The van der Waals surface area contributed by atoms with Crippen LogP contribution < -0.4 is 0 Å². The fourth-order valence-electron chi connectivity index (χ4n) is 1.02. The van der Waals surface area contributed by atoms with E-state index in [-0.39, 0.29) is 6.10 Å². The molecule has 0 aromatic heterocycles. The van der Waals surface area contributed by atoms with E-state index in [0.717, 1.165) is 13.0 Å². The Bertz CT molecular complexity index is 129. The third-order valence-corrected chi connectivity index (χ3v) is 2.08. The van der Waals surface area contributed by atoms with E-state index < -0.39 is 7.32 Å². The van der Waals surface area contributed by atoms with E-state index in [9.17, 15) is 0 Å². The molecule has 1 heterocycles. The standard InChI is InChI=1S/C8H17BO3/c1-4-5-10-9-11-6-7(2)8(3)12-9/h7-8H,4-6H2,1-3H3/t7-,8-/m1/s1. The third-order valence-electron chi connectivity index (χ3n) is 2.08. The van der Waals surface area contributed by atoms with Crippen LogP contribution in [0.4, 0.5) is 0 Å². The molecule has 0 aliphatic carbocycles. The zero-order chi connectivity index (χ0) is 8.97. The average Bonchev–Trinajstić information content (AvgIpc) is 2.07. The first kappa shape index (κ1) is 10.0. The number of hydrogen-bond donors (Lipinski definition) is 0. The summed E-state index contributed by atoms with van der Waals surface area (Å²) in [6.45, 7) is 7.66. The van der Waals surface area contributed by atoms with E-state index in [1.165, 1.54) is 0 Å². The molecule has 0 N–H and O–H groups in total. The predicted octanol–water partition coefficient (Wildman–Crippen LogP) is 1.47. The molecule has 70 valence electrons. The highest BCUT2D eigenvalue weighted by Crippen LogP contribution is 2.15. The quantitative estimate of drug-likeness (QED) is 0.603. The van der Waals surface area contributed by atoms with Crippen molar-refractivity contribution in [2.24, 2.45) is 5.92 Å². The first-order valence-electron chi connectivity index (χ1n) is 4.62. The van der Waals surface area contributed by atoms with Gasteiger partial charge in [0.2, 0.25) is 0 Å². The van der Waals surface area contributed by atoms with Gasteiger partial charge in [-0.15, -0.1) is 0 Å². The van der Waals surface area contributed by atoms with Crippen LogP contribution in [0, 0.1) is 5.92 Å². The van der Waals surface area contributed by atoms with Crippen LogP contribution in [0.3, 0.4) is 0 Å². The van der Waals surface area contributed by atoms with Crippen molar-refractivity contribution in [1.82, 2.24) is 0 Å². The molecule has 1 rings (SSSR count). The molecule has 0 unspecified atom stereocenters. The maximum atomic E-state index is 5.46. The summed E-state index contributed by atoms with van der Waals surface area (Å²) in [5.41, 5.74) is 0. The Kier molecular flexibility index (Phi) is 4.05. The Morgan fingerprint density at radius 1 is 1.50 bits per heavy atom. The molecule has 0 spiro atoms. The summed E-state index contributed by atoms with van der Waals surface area (Å²) in [6, 6.07) is 0. The molecule has 1 saturated heterocycles. The van der Waals surface area contributed by atoms with Crippen LogP contribution in [0.25, 0.3) is 0 Å². The molecular formula is C8H17BO3. The highest BCUT2D eigenvalue weighted by atomic mass is 16.7. The van der Waals surface area contributed by atoms with Gasteiger partial charge in [0.05, 0.1) is 0 Å². The largest absolute Gasteiger partial charge is 0.639 e. The van der Waals surface area contributed by atoms with Gasteiger partial charge in [0.15, 0.2) is 0 Å². The van der Waals surface area contributed by atoms with Crippen molar-refractivity contribution < 1.29 is 14.0 Å². The first-order chi connectivity index (χ1) is 5.74. The summed E-state index contributed by atoms with van der Waals surface area (Å²) in [5.74, 6) is 0.464. The van der Waals surface area contributed by atoms with Gasteiger partial charge in [0.25, 0.3) is 0 Å². The van der Waals surface area contributed by atoms with Gasteiger partial charge in [-0.1, -0.05) is 13.8 Å². The first-order valence-corrected chi connectivity index (χ1v) is 4.62. The smallest absolute Gasteiger partial charge is 0.386 e. The molecule has 0 saturated carbocycles. The molecule has 1 aliphatic heterocycles.